The maximum absolute atomic E-state index is 8.96. The summed E-state index contributed by atoms with van der Waals surface area (Å²) in [5.74, 6) is 0.886. The van der Waals surface area contributed by atoms with Crippen LogP contribution in [-0.2, 0) is 0 Å². The lowest BCUT2D eigenvalue weighted by Crippen LogP contribution is -2.31. The molecule has 0 amide bonds. The average molecular weight is 251 g/mol. The number of aliphatic hydroxyl groups excluding tert-OH is 1. The lowest BCUT2D eigenvalue weighted by Gasteiger charge is -2.23. The van der Waals surface area contributed by atoms with Crippen molar-refractivity contribution in [1.82, 2.24) is 5.32 Å². The van der Waals surface area contributed by atoms with Crippen molar-refractivity contribution >= 4 is 0 Å². The van der Waals surface area contributed by atoms with Crippen LogP contribution in [0.3, 0.4) is 0 Å². The third kappa shape index (κ3) is 4.67. The monoisotopic (exact) mass is 251 g/mol. The van der Waals surface area contributed by atoms with E-state index in [0.717, 1.165) is 25.0 Å². The number of nitrogens with one attached hydrogen (secondary N) is 1. The second kappa shape index (κ2) is 8.11. The molecule has 0 aliphatic rings. The molecule has 0 bridgehead atoms. The summed E-state index contributed by atoms with van der Waals surface area (Å²) in [7, 11) is 1.68. The van der Waals surface area contributed by atoms with Crippen LogP contribution in [0.1, 0.15) is 44.7 Å². The van der Waals surface area contributed by atoms with Crippen LogP contribution < -0.4 is 10.1 Å². The quantitative estimate of drug-likeness (QED) is 0.746. The topological polar surface area (TPSA) is 41.5 Å². The van der Waals surface area contributed by atoms with E-state index in [1.165, 1.54) is 5.56 Å². The van der Waals surface area contributed by atoms with E-state index in [-0.39, 0.29) is 6.61 Å². The van der Waals surface area contributed by atoms with Gasteiger partial charge in [0.15, 0.2) is 0 Å². The molecule has 2 N–H and O–H groups in total. The molecule has 1 rings (SSSR count). The van der Waals surface area contributed by atoms with Crippen LogP contribution in [-0.4, -0.2) is 24.9 Å². The Bertz CT molecular complexity index is 324. The van der Waals surface area contributed by atoms with E-state index in [0.29, 0.717) is 12.1 Å². The van der Waals surface area contributed by atoms with Gasteiger partial charge in [0.1, 0.15) is 5.75 Å². The molecule has 102 valence electrons. The Hall–Kier alpha value is -1.06. The Morgan fingerprint density at radius 3 is 2.39 bits per heavy atom. The molecule has 0 saturated heterocycles. The average Bonchev–Trinajstić information content (AvgIpc) is 2.39. The Kier molecular flexibility index (Phi) is 6.76. The molecular formula is C15H25NO2. The van der Waals surface area contributed by atoms with Crippen LogP contribution in [0.4, 0.5) is 0 Å². The van der Waals surface area contributed by atoms with Crippen LogP contribution in [0.15, 0.2) is 24.3 Å². The molecule has 0 saturated carbocycles. The standard InChI is InChI=1S/C15H25NO2/c1-4-5-15(16-12(2)10-11-17)13-6-8-14(18-3)9-7-13/h6-9,12,15-17H,4-5,10-11H2,1-3H3/t12-,15?/m1/s1. The highest BCUT2D eigenvalue weighted by Gasteiger charge is 2.13. The van der Waals surface area contributed by atoms with Gasteiger partial charge in [-0.3, -0.25) is 0 Å². The fraction of sp³-hybridized carbons (Fsp3) is 0.600. The van der Waals surface area contributed by atoms with E-state index >= 15 is 0 Å². The molecule has 3 heteroatoms. The Labute approximate surface area is 110 Å². The summed E-state index contributed by atoms with van der Waals surface area (Å²) in [4.78, 5) is 0. The van der Waals surface area contributed by atoms with Crippen molar-refractivity contribution in [2.45, 2.75) is 45.2 Å². The molecule has 0 heterocycles. The number of hydrogen-bond acceptors (Lipinski definition) is 3. The summed E-state index contributed by atoms with van der Waals surface area (Å²) in [6.07, 6.45) is 3.02. The van der Waals surface area contributed by atoms with Crippen molar-refractivity contribution < 1.29 is 9.84 Å². The van der Waals surface area contributed by atoms with Gasteiger partial charge in [-0.1, -0.05) is 25.5 Å². The number of methoxy groups -OCH3 is 1. The van der Waals surface area contributed by atoms with Crippen molar-refractivity contribution in [2.75, 3.05) is 13.7 Å². The number of hydrogen-bond donors (Lipinski definition) is 2. The van der Waals surface area contributed by atoms with Crippen molar-refractivity contribution in [3.63, 3.8) is 0 Å². The zero-order valence-electron chi connectivity index (χ0n) is 11.6. The predicted octanol–water partition coefficient (Wildman–Crippen LogP) is 2.90. The Morgan fingerprint density at radius 1 is 1.22 bits per heavy atom. The van der Waals surface area contributed by atoms with Crippen molar-refractivity contribution in [2.24, 2.45) is 0 Å². The molecular weight excluding hydrogens is 226 g/mol. The number of rotatable bonds is 8. The first kappa shape index (κ1) is 15.0. The predicted molar refractivity (Wildman–Crippen MR) is 74.9 cm³/mol. The molecule has 1 unspecified atom stereocenters. The number of ether oxygens (including phenoxy) is 1. The molecule has 0 radical (unpaired) electrons. The highest BCUT2D eigenvalue weighted by atomic mass is 16.5. The molecule has 0 aliphatic carbocycles. The van der Waals surface area contributed by atoms with Crippen LogP contribution in [0.2, 0.25) is 0 Å². The fourth-order valence-corrected chi connectivity index (χ4v) is 2.09. The zero-order valence-corrected chi connectivity index (χ0v) is 11.6. The molecule has 2 atom stereocenters. The smallest absolute Gasteiger partial charge is 0.118 e. The SMILES string of the molecule is CCCC(N[C@H](C)CCO)c1ccc(OC)cc1. The highest BCUT2D eigenvalue weighted by Crippen LogP contribution is 2.22. The van der Waals surface area contributed by atoms with E-state index in [9.17, 15) is 0 Å². The van der Waals surface area contributed by atoms with Crippen LogP contribution >= 0.6 is 0 Å². The van der Waals surface area contributed by atoms with Gasteiger partial charge in [0.25, 0.3) is 0 Å². The summed E-state index contributed by atoms with van der Waals surface area (Å²) in [5, 5.41) is 12.5. The first-order valence-electron chi connectivity index (χ1n) is 6.72. The zero-order chi connectivity index (χ0) is 13.4. The maximum atomic E-state index is 8.96. The summed E-state index contributed by atoms with van der Waals surface area (Å²) in [5.41, 5.74) is 1.28. The minimum absolute atomic E-state index is 0.232. The first-order chi connectivity index (χ1) is 8.71. The minimum atomic E-state index is 0.232. The van der Waals surface area contributed by atoms with Crippen LogP contribution in [0.5, 0.6) is 5.75 Å². The fourth-order valence-electron chi connectivity index (χ4n) is 2.09. The second-order valence-electron chi connectivity index (χ2n) is 4.69. The summed E-state index contributed by atoms with van der Waals surface area (Å²) in [6, 6.07) is 8.89. The van der Waals surface area contributed by atoms with Gasteiger partial charge in [-0.15, -0.1) is 0 Å². The van der Waals surface area contributed by atoms with Gasteiger partial charge in [0.05, 0.1) is 7.11 Å². The van der Waals surface area contributed by atoms with Gasteiger partial charge in [-0.2, -0.15) is 0 Å². The maximum Gasteiger partial charge on any atom is 0.118 e. The summed E-state index contributed by atoms with van der Waals surface area (Å²) >= 11 is 0. The first-order valence-corrected chi connectivity index (χ1v) is 6.72. The van der Waals surface area contributed by atoms with Gasteiger partial charge in [-0.25, -0.2) is 0 Å². The second-order valence-corrected chi connectivity index (χ2v) is 4.69. The lowest BCUT2D eigenvalue weighted by atomic mass is 10.0. The van der Waals surface area contributed by atoms with E-state index in [1.807, 2.05) is 12.1 Å². The third-order valence-electron chi connectivity index (χ3n) is 3.14. The molecule has 18 heavy (non-hydrogen) atoms. The van der Waals surface area contributed by atoms with Gasteiger partial charge < -0.3 is 15.2 Å². The molecule has 0 aliphatic heterocycles. The largest absolute Gasteiger partial charge is 0.497 e. The van der Waals surface area contributed by atoms with Crippen molar-refractivity contribution in [3.05, 3.63) is 29.8 Å². The van der Waals surface area contributed by atoms with Crippen molar-refractivity contribution in [3.8, 4) is 5.75 Å². The summed E-state index contributed by atoms with van der Waals surface area (Å²) < 4.78 is 5.18. The van der Waals surface area contributed by atoms with Crippen LogP contribution in [0, 0.1) is 0 Å². The molecule has 0 fully saturated rings. The third-order valence-corrected chi connectivity index (χ3v) is 3.14. The van der Waals surface area contributed by atoms with E-state index in [1.54, 1.807) is 7.11 Å². The molecule has 1 aromatic rings. The van der Waals surface area contributed by atoms with Gasteiger partial charge in [-0.05, 0) is 37.5 Å². The van der Waals surface area contributed by atoms with Crippen molar-refractivity contribution in [1.29, 1.82) is 0 Å². The molecule has 0 aromatic heterocycles. The molecule has 1 aromatic carbocycles. The van der Waals surface area contributed by atoms with Crippen LogP contribution in [0.25, 0.3) is 0 Å². The molecule has 3 nitrogen and oxygen atoms in total. The summed E-state index contributed by atoms with van der Waals surface area (Å²) in [6.45, 7) is 4.53. The number of benzene rings is 1. The lowest BCUT2D eigenvalue weighted by molar-refractivity contribution is 0.261. The number of aliphatic hydroxyl groups is 1. The van der Waals surface area contributed by atoms with Gasteiger partial charge in [0.2, 0.25) is 0 Å². The highest BCUT2D eigenvalue weighted by molar-refractivity contribution is 5.29. The van der Waals surface area contributed by atoms with E-state index < -0.39 is 0 Å². The Morgan fingerprint density at radius 2 is 1.89 bits per heavy atom. The van der Waals surface area contributed by atoms with E-state index in [2.05, 4.69) is 31.3 Å². The normalized spacial score (nSPS) is 14.2. The van der Waals surface area contributed by atoms with Gasteiger partial charge >= 0.3 is 0 Å². The Balaban J connectivity index is 2.69. The van der Waals surface area contributed by atoms with Gasteiger partial charge in [0, 0.05) is 18.7 Å². The van der Waals surface area contributed by atoms with E-state index in [4.69, 9.17) is 9.84 Å². The molecule has 0 spiro atoms. The minimum Gasteiger partial charge on any atom is -0.497 e.